The maximum absolute atomic E-state index is 13.1. The van der Waals surface area contributed by atoms with Crippen molar-refractivity contribution in [2.24, 2.45) is 0 Å². The topological polar surface area (TPSA) is 61.8 Å². The third-order valence-electron chi connectivity index (χ3n) is 2.45. The van der Waals surface area contributed by atoms with Gasteiger partial charge < -0.3 is 11.1 Å². The highest BCUT2D eigenvalue weighted by Gasteiger charge is 2.09. The zero-order valence-electron chi connectivity index (χ0n) is 9.55. The number of nitriles is 1. The molecule has 6 heteroatoms. The van der Waals surface area contributed by atoms with Crippen LogP contribution in [0.1, 0.15) is 5.56 Å². The van der Waals surface area contributed by atoms with E-state index in [0.29, 0.717) is 22.6 Å². The van der Waals surface area contributed by atoms with Crippen LogP contribution in [0.15, 0.2) is 30.3 Å². The molecule has 0 atom stereocenters. The highest BCUT2D eigenvalue weighted by molar-refractivity contribution is 6.39. The number of benzene rings is 2. The van der Waals surface area contributed by atoms with Gasteiger partial charge in [-0.1, -0.05) is 23.2 Å². The SMILES string of the molecule is N#Cc1cc(Nc2c(Cl)cc(F)cc2Cl)ccc1N. The molecule has 0 radical (unpaired) electrons. The van der Waals surface area contributed by atoms with E-state index < -0.39 is 5.82 Å². The molecule has 0 aliphatic heterocycles. The largest absolute Gasteiger partial charge is 0.398 e. The minimum Gasteiger partial charge on any atom is -0.398 e. The summed E-state index contributed by atoms with van der Waals surface area (Å²) in [5.41, 5.74) is 7.29. The van der Waals surface area contributed by atoms with Gasteiger partial charge in [0.25, 0.3) is 0 Å². The third-order valence-corrected chi connectivity index (χ3v) is 3.05. The van der Waals surface area contributed by atoms with Crippen molar-refractivity contribution >= 4 is 40.3 Å². The highest BCUT2D eigenvalue weighted by atomic mass is 35.5. The van der Waals surface area contributed by atoms with Gasteiger partial charge in [0.2, 0.25) is 0 Å². The monoisotopic (exact) mass is 295 g/mol. The Morgan fingerprint density at radius 3 is 2.37 bits per heavy atom. The Balaban J connectivity index is 2.40. The fourth-order valence-corrected chi connectivity index (χ4v) is 2.09. The van der Waals surface area contributed by atoms with Gasteiger partial charge in [-0.15, -0.1) is 0 Å². The summed E-state index contributed by atoms with van der Waals surface area (Å²) in [6.07, 6.45) is 0. The third kappa shape index (κ3) is 2.90. The summed E-state index contributed by atoms with van der Waals surface area (Å²) in [5, 5.41) is 12.1. The number of rotatable bonds is 2. The van der Waals surface area contributed by atoms with E-state index in [0.717, 1.165) is 12.1 Å². The highest BCUT2D eigenvalue weighted by Crippen LogP contribution is 2.34. The van der Waals surface area contributed by atoms with E-state index in [1.165, 1.54) is 0 Å². The molecular formula is C13H8Cl2FN3. The van der Waals surface area contributed by atoms with Crippen molar-refractivity contribution in [3.05, 3.63) is 51.8 Å². The van der Waals surface area contributed by atoms with E-state index in [2.05, 4.69) is 5.32 Å². The molecule has 2 rings (SSSR count). The lowest BCUT2D eigenvalue weighted by Crippen LogP contribution is -1.96. The number of hydrogen-bond acceptors (Lipinski definition) is 3. The number of nitrogen functional groups attached to an aromatic ring is 1. The normalized spacial score (nSPS) is 10.0. The van der Waals surface area contributed by atoms with Crippen LogP contribution in [-0.4, -0.2) is 0 Å². The molecule has 2 aromatic carbocycles. The Morgan fingerprint density at radius 1 is 1.16 bits per heavy atom. The first-order valence-electron chi connectivity index (χ1n) is 5.22. The van der Waals surface area contributed by atoms with Crippen LogP contribution >= 0.6 is 23.2 Å². The van der Waals surface area contributed by atoms with Crippen molar-refractivity contribution in [1.82, 2.24) is 0 Å². The second kappa shape index (κ2) is 5.35. The van der Waals surface area contributed by atoms with E-state index >= 15 is 0 Å². The smallest absolute Gasteiger partial charge is 0.126 e. The number of nitrogens with zero attached hydrogens (tertiary/aromatic N) is 1. The van der Waals surface area contributed by atoms with Gasteiger partial charge >= 0.3 is 0 Å². The van der Waals surface area contributed by atoms with Crippen molar-refractivity contribution in [3.63, 3.8) is 0 Å². The molecule has 0 bridgehead atoms. The summed E-state index contributed by atoms with van der Waals surface area (Å²) in [6.45, 7) is 0. The molecule has 0 aliphatic rings. The Kier molecular flexibility index (Phi) is 3.79. The van der Waals surface area contributed by atoms with Gasteiger partial charge in [0.15, 0.2) is 0 Å². The average molecular weight is 296 g/mol. The lowest BCUT2D eigenvalue weighted by atomic mass is 10.1. The van der Waals surface area contributed by atoms with Crippen molar-refractivity contribution < 1.29 is 4.39 Å². The summed E-state index contributed by atoms with van der Waals surface area (Å²) in [7, 11) is 0. The molecule has 0 aromatic heterocycles. The number of hydrogen-bond donors (Lipinski definition) is 2. The molecule has 0 heterocycles. The molecule has 3 N–H and O–H groups in total. The van der Waals surface area contributed by atoms with E-state index in [4.69, 9.17) is 34.2 Å². The Morgan fingerprint density at radius 2 is 1.79 bits per heavy atom. The zero-order valence-corrected chi connectivity index (χ0v) is 11.1. The summed E-state index contributed by atoms with van der Waals surface area (Å²) in [6, 6.07) is 9.09. The zero-order chi connectivity index (χ0) is 14.0. The molecule has 19 heavy (non-hydrogen) atoms. The van der Waals surface area contributed by atoms with Crippen molar-refractivity contribution in [3.8, 4) is 6.07 Å². The molecule has 96 valence electrons. The quantitative estimate of drug-likeness (QED) is 0.811. The summed E-state index contributed by atoms with van der Waals surface area (Å²) in [4.78, 5) is 0. The van der Waals surface area contributed by atoms with Crippen LogP contribution in [0.2, 0.25) is 10.0 Å². The molecule has 0 saturated heterocycles. The van der Waals surface area contributed by atoms with Gasteiger partial charge in [0.05, 0.1) is 21.3 Å². The van der Waals surface area contributed by atoms with Crippen LogP contribution in [0.3, 0.4) is 0 Å². The van der Waals surface area contributed by atoms with Crippen LogP contribution in [0.4, 0.5) is 21.5 Å². The summed E-state index contributed by atoms with van der Waals surface area (Å²) in [5.74, 6) is -0.518. The lowest BCUT2D eigenvalue weighted by Gasteiger charge is -2.11. The summed E-state index contributed by atoms with van der Waals surface area (Å²) < 4.78 is 13.1. The first kappa shape index (κ1) is 13.5. The van der Waals surface area contributed by atoms with Crippen molar-refractivity contribution in [2.75, 3.05) is 11.1 Å². The molecular weight excluding hydrogens is 288 g/mol. The number of anilines is 3. The average Bonchev–Trinajstić information content (AvgIpc) is 2.35. The van der Waals surface area contributed by atoms with E-state index in [9.17, 15) is 4.39 Å². The predicted molar refractivity (Wildman–Crippen MR) is 75.3 cm³/mol. The minimum atomic E-state index is -0.518. The molecule has 2 aromatic rings. The van der Waals surface area contributed by atoms with Crippen molar-refractivity contribution in [1.29, 1.82) is 5.26 Å². The van der Waals surface area contributed by atoms with Gasteiger partial charge in [-0.2, -0.15) is 5.26 Å². The van der Waals surface area contributed by atoms with E-state index in [1.54, 1.807) is 18.2 Å². The molecule has 3 nitrogen and oxygen atoms in total. The van der Waals surface area contributed by atoms with Crippen LogP contribution < -0.4 is 11.1 Å². The maximum Gasteiger partial charge on any atom is 0.126 e. The molecule has 0 spiro atoms. The van der Waals surface area contributed by atoms with Gasteiger partial charge in [0.1, 0.15) is 11.9 Å². The second-order valence-electron chi connectivity index (χ2n) is 3.78. The van der Waals surface area contributed by atoms with Crippen LogP contribution in [0.25, 0.3) is 0 Å². The van der Waals surface area contributed by atoms with Gasteiger partial charge in [-0.05, 0) is 30.3 Å². The number of nitrogens with two attached hydrogens (primary N) is 1. The van der Waals surface area contributed by atoms with Gasteiger partial charge in [0, 0.05) is 11.4 Å². The van der Waals surface area contributed by atoms with Crippen LogP contribution in [0.5, 0.6) is 0 Å². The first-order valence-corrected chi connectivity index (χ1v) is 5.98. The minimum absolute atomic E-state index is 0.153. The fourth-order valence-electron chi connectivity index (χ4n) is 1.54. The molecule has 0 fully saturated rings. The predicted octanol–water partition coefficient (Wildman–Crippen LogP) is 4.33. The molecule has 0 saturated carbocycles. The molecule has 0 unspecified atom stereocenters. The van der Waals surface area contributed by atoms with Crippen LogP contribution in [0, 0.1) is 17.1 Å². The lowest BCUT2D eigenvalue weighted by molar-refractivity contribution is 0.628. The maximum atomic E-state index is 13.1. The summed E-state index contributed by atoms with van der Waals surface area (Å²) >= 11 is 11.8. The number of halogens is 3. The van der Waals surface area contributed by atoms with Crippen LogP contribution in [-0.2, 0) is 0 Å². The van der Waals surface area contributed by atoms with E-state index in [1.807, 2.05) is 6.07 Å². The Bertz CT molecular complexity index is 657. The Hall–Kier alpha value is -1.96. The van der Waals surface area contributed by atoms with Crippen molar-refractivity contribution in [2.45, 2.75) is 0 Å². The van der Waals surface area contributed by atoms with Gasteiger partial charge in [-0.25, -0.2) is 4.39 Å². The standard InChI is InChI=1S/C13H8Cl2FN3/c14-10-4-8(16)5-11(15)13(10)19-9-1-2-12(18)7(3-9)6-17/h1-5,19H,18H2. The fraction of sp³-hybridized carbons (Fsp3) is 0. The molecule has 0 amide bonds. The van der Waals surface area contributed by atoms with E-state index in [-0.39, 0.29) is 10.0 Å². The second-order valence-corrected chi connectivity index (χ2v) is 4.60. The molecule has 0 aliphatic carbocycles. The van der Waals surface area contributed by atoms with Gasteiger partial charge in [-0.3, -0.25) is 0 Å². The number of nitrogens with one attached hydrogen (secondary N) is 1. The first-order chi connectivity index (χ1) is 9.01. The Labute approximate surface area is 119 Å².